The zero-order chi connectivity index (χ0) is 16.8. The van der Waals surface area contributed by atoms with E-state index in [1.54, 1.807) is 20.4 Å². The highest BCUT2D eigenvalue weighted by atomic mass is 127. The fourth-order valence-electron chi connectivity index (χ4n) is 1.83. The Bertz CT molecular complexity index is 461. The first-order valence-electron chi connectivity index (χ1n) is 7.88. The van der Waals surface area contributed by atoms with Gasteiger partial charge in [-0.15, -0.1) is 24.0 Å². The molecule has 0 fully saturated rings. The fourth-order valence-corrected chi connectivity index (χ4v) is 1.83. The van der Waals surface area contributed by atoms with E-state index >= 15 is 0 Å². The zero-order valence-electron chi connectivity index (χ0n) is 14.7. The van der Waals surface area contributed by atoms with Crippen molar-refractivity contribution in [3.05, 3.63) is 23.9 Å². The van der Waals surface area contributed by atoms with E-state index in [9.17, 15) is 0 Å². The highest BCUT2D eigenvalue weighted by Gasteiger charge is 2.05. The zero-order valence-corrected chi connectivity index (χ0v) is 17.0. The molecule has 0 saturated heterocycles. The van der Waals surface area contributed by atoms with Gasteiger partial charge in [0.05, 0.1) is 13.2 Å². The number of halogens is 1. The van der Waals surface area contributed by atoms with Gasteiger partial charge >= 0.3 is 0 Å². The smallest absolute Gasteiger partial charge is 0.218 e. The first kappa shape index (κ1) is 22.9. The molecule has 1 rings (SSSR count). The Balaban J connectivity index is 0.00000529. The molecule has 2 N–H and O–H groups in total. The van der Waals surface area contributed by atoms with Crippen molar-refractivity contribution in [3.63, 3.8) is 0 Å². The molecule has 0 amide bonds. The highest BCUT2D eigenvalue weighted by molar-refractivity contribution is 14.0. The summed E-state index contributed by atoms with van der Waals surface area (Å²) >= 11 is 0. The van der Waals surface area contributed by atoms with E-state index in [-0.39, 0.29) is 24.0 Å². The van der Waals surface area contributed by atoms with E-state index in [0.717, 1.165) is 37.6 Å². The number of methoxy groups -OCH3 is 2. The maximum absolute atomic E-state index is 5.62. The topological polar surface area (TPSA) is 77.0 Å². The largest absolute Gasteiger partial charge is 0.475 e. The van der Waals surface area contributed by atoms with Crippen LogP contribution in [0, 0.1) is 0 Å². The van der Waals surface area contributed by atoms with Crippen LogP contribution in [-0.2, 0) is 16.0 Å². The lowest BCUT2D eigenvalue weighted by Crippen LogP contribution is -2.38. The lowest BCUT2D eigenvalue weighted by atomic mass is 10.3. The quantitative estimate of drug-likeness (QED) is 0.231. The molecule has 0 spiro atoms. The van der Waals surface area contributed by atoms with E-state index < -0.39 is 0 Å². The van der Waals surface area contributed by atoms with Crippen molar-refractivity contribution in [1.82, 2.24) is 15.6 Å². The summed E-state index contributed by atoms with van der Waals surface area (Å²) in [5.41, 5.74) is 0.942. The second-order valence-corrected chi connectivity index (χ2v) is 4.78. The average molecular weight is 452 g/mol. The Kier molecular flexibility index (Phi) is 14.7. The molecule has 0 saturated carbocycles. The number of guanidine groups is 1. The molecule has 7 nitrogen and oxygen atoms in total. The van der Waals surface area contributed by atoms with Gasteiger partial charge in [-0.1, -0.05) is 6.07 Å². The molecule has 0 unspecified atom stereocenters. The van der Waals surface area contributed by atoms with Gasteiger partial charge in [0.25, 0.3) is 0 Å². The molecule has 0 aromatic carbocycles. The average Bonchev–Trinajstić information content (AvgIpc) is 2.57. The van der Waals surface area contributed by atoms with Gasteiger partial charge in [-0.2, -0.15) is 0 Å². The SMILES string of the molecule is CCNC(=NCc1cccnc1OCCOC)NCCCOC.I. The maximum Gasteiger partial charge on any atom is 0.218 e. The number of nitrogens with one attached hydrogen (secondary N) is 2. The van der Waals surface area contributed by atoms with Crippen molar-refractivity contribution >= 4 is 29.9 Å². The highest BCUT2D eigenvalue weighted by Crippen LogP contribution is 2.15. The summed E-state index contributed by atoms with van der Waals surface area (Å²) < 4.78 is 15.6. The van der Waals surface area contributed by atoms with Crippen LogP contribution in [0.25, 0.3) is 0 Å². The molecule has 24 heavy (non-hydrogen) atoms. The third-order valence-corrected chi connectivity index (χ3v) is 2.95. The first-order valence-corrected chi connectivity index (χ1v) is 7.88. The Morgan fingerprint density at radius 1 is 1.17 bits per heavy atom. The van der Waals surface area contributed by atoms with Gasteiger partial charge in [-0.25, -0.2) is 9.98 Å². The minimum absolute atomic E-state index is 0. The van der Waals surface area contributed by atoms with E-state index in [1.807, 2.05) is 19.1 Å². The molecule has 0 bridgehead atoms. The van der Waals surface area contributed by atoms with E-state index in [0.29, 0.717) is 25.6 Å². The van der Waals surface area contributed by atoms with Crippen molar-refractivity contribution in [2.45, 2.75) is 19.9 Å². The summed E-state index contributed by atoms with van der Waals surface area (Å²) in [7, 11) is 3.34. The molecule has 1 aromatic rings. The Hall–Kier alpha value is -1.13. The summed E-state index contributed by atoms with van der Waals surface area (Å²) in [5, 5.41) is 6.49. The van der Waals surface area contributed by atoms with Gasteiger partial charge in [0.2, 0.25) is 5.88 Å². The van der Waals surface area contributed by atoms with Crippen molar-refractivity contribution in [2.75, 3.05) is 47.1 Å². The summed E-state index contributed by atoms with van der Waals surface area (Å²) in [5.74, 6) is 1.37. The van der Waals surface area contributed by atoms with Gasteiger partial charge in [0.1, 0.15) is 6.61 Å². The summed E-state index contributed by atoms with van der Waals surface area (Å²) in [6.45, 7) is 5.88. The molecule has 0 atom stereocenters. The molecule has 0 aliphatic rings. The van der Waals surface area contributed by atoms with Crippen LogP contribution in [0.5, 0.6) is 5.88 Å². The van der Waals surface area contributed by atoms with E-state index in [1.165, 1.54) is 0 Å². The minimum Gasteiger partial charge on any atom is -0.475 e. The number of ether oxygens (including phenoxy) is 3. The van der Waals surface area contributed by atoms with Gasteiger partial charge < -0.3 is 24.8 Å². The molecule has 138 valence electrons. The van der Waals surface area contributed by atoms with Crippen LogP contribution in [0.2, 0.25) is 0 Å². The normalized spacial score (nSPS) is 10.9. The maximum atomic E-state index is 5.62. The predicted molar refractivity (Wildman–Crippen MR) is 106 cm³/mol. The van der Waals surface area contributed by atoms with Gasteiger partial charge in [-0.3, -0.25) is 0 Å². The Morgan fingerprint density at radius 2 is 1.96 bits per heavy atom. The van der Waals surface area contributed by atoms with Gasteiger partial charge in [-0.05, 0) is 19.4 Å². The van der Waals surface area contributed by atoms with Crippen molar-refractivity contribution < 1.29 is 14.2 Å². The summed E-state index contributed by atoms with van der Waals surface area (Å²) in [6, 6.07) is 3.85. The van der Waals surface area contributed by atoms with Crippen molar-refractivity contribution in [1.29, 1.82) is 0 Å². The summed E-state index contributed by atoms with van der Waals surface area (Å²) in [4.78, 5) is 8.83. The molecule has 8 heteroatoms. The molecular weight excluding hydrogens is 423 g/mol. The number of nitrogens with zero attached hydrogens (tertiary/aromatic N) is 2. The monoisotopic (exact) mass is 452 g/mol. The lowest BCUT2D eigenvalue weighted by Gasteiger charge is -2.12. The second kappa shape index (κ2) is 15.4. The van der Waals surface area contributed by atoms with Crippen LogP contribution in [0.15, 0.2) is 23.3 Å². The van der Waals surface area contributed by atoms with E-state index in [2.05, 4.69) is 20.6 Å². The molecule has 0 aliphatic heterocycles. The van der Waals surface area contributed by atoms with Crippen LogP contribution in [0.1, 0.15) is 18.9 Å². The van der Waals surface area contributed by atoms with Gasteiger partial charge in [0, 0.05) is 45.7 Å². The Labute approximate surface area is 161 Å². The van der Waals surface area contributed by atoms with Crippen LogP contribution in [0.3, 0.4) is 0 Å². The standard InChI is InChI=1S/C16H28N4O3.HI/c1-4-17-16(19-9-6-10-21-2)20-13-14-7-5-8-18-15(14)23-12-11-22-3;/h5,7-8H,4,6,9-13H2,1-3H3,(H2,17,19,20);1H. The predicted octanol–water partition coefficient (Wildman–Crippen LogP) is 1.82. The first-order chi connectivity index (χ1) is 11.3. The number of hydrogen-bond donors (Lipinski definition) is 2. The molecular formula is C16H29IN4O3. The number of aromatic nitrogens is 1. The molecule has 1 aromatic heterocycles. The van der Waals surface area contributed by atoms with Crippen LogP contribution < -0.4 is 15.4 Å². The number of hydrogen-bond acceptors (Lipinski definition) is 5. The summed E-state index contributed by atoms with van der Waals surface area (Å²) in [6.07, 6.45) is 2.64. The Morgan fingerprint density at radius 3 is 2.67 bits per heavy atom. The number of rotatable bonds is 11. The lowest BCUT2D eigenvalue weighted by molar-refractivity contribution is 0.143. The van der Waals surface area contributed by atoms with E-state index in [4.69, 9.17) is 14.2 Å². The molecule has 0 radical (unpaired) electrons. The molecule has 0 aliphatic carbocycles. The van der Waals surface area contributed by atoms with Crippen molar-refractivity contribution in [2.24, 2.45) is 4.99 Å². The van der Waals surface area contributed by atoms with Crippen LogP contribution in [0.4, 0.5) is 0 Å². The van der Waals surface area contributed by atoms with Gasteiger partial charge in [0.15, 0.2) is 5.96 Å². The third-order valence-electron chi connectivity index (χ3n) is 2.95. The second-order valence-electron chi connectivity index (χ2n) is 4.78. The molecule has 1 heterocycles. The fraction of sp³-hybridized carbons (Fsp3) is 0.625. The van der Waals surface area contributed by atoms with Crippen molar-refractivity contribution in [3.8, 4) is 5.88 Å². The minimum atomic E-state index is 0. The third kappa shape index (κ3) is 9.89. The number of pyridine rings is 1. The van der Waals surface area contributed by atoms with Crippen LogP contribution in [-0.4, -0.2) is 58.1 Å². The number of aliphatic imine (C=N–C) groups is 1. The van der Waals surface area contributed by atoms with Crippen LogP contribution >= 0.6 is 24.0 Å².